The van der Waals surface area contributed by atoms with Gasteiger partial charge in [-0.25, -0.2) is 43.9 Å². The largest absolute Gasteiger partial charge is 0.476 e. The van der Waals surface area contributed by atoms with Crippen LogP contribution in [0, 0.1) is 17.8 Å². The predicted molar refractivity (Wildman–Crippen MR) is 451 cm³/mol. The van der Waals surface area contributed by atoms with Crippen LogP contribution in [0.1, 0.15) is 118 Å². The van der Waals surface area contributed by atoms with Crippen LogP contribution < -0.4 is 46.7 Å². The van der Waals surface area contributed by atoms with Crippen LogP contribution in [-0.4, -0.2) is 205 Å². The van der Waals surface area contributed by atoms with Crippen LogP contribution in [0.2, 0.25) is 0 Å². The molecule has 12 heterocycles. The van der Waals surface area contributed by atoms with E-state index in [0.29, 0.717) is 72.6 Å². The summed E-state index contributed by atoms with van der Waals surface area (Å²) in [5.41, 5.74) is 22.9. The maximum Gasteiger partial charge on any atom is 0.406 e. The summed E-state index contributed by atoms with van der Waals surface area (Å²) in [6.07, 6.45) is -1.09. The first-order valence-electron chi connectivity index (χ1n) is 40.2. The predicted octanol–water partition coefficient (Wildman–Crippen LogP) is 10.9. The molecule has 45 heteroatoms. The quantitative estimate of drug-likeness (QED) is 0.0105. The van der Waals surface area contributed by atoms with Gasteiger partial charge in [-0.1, -0.05) is 133 Å². The molecule has 18 atom stereocenters. The molecule has 666 valence electrons. The van der Waals surface area contributed by atoms with Gasteiger partial charge in [0.2, 0.25) is 35.5 Å². The Labute approximate surface area is 724 Å². The van der Waals surface area contributed by atoms with Gasteiger partial charge in [-0.15, -0.1) is 34.8 Å². The molecule has 4 unspecified atom stereocenters. The lowest BCUT2D eigenvalue weighted by atomic mass is 10.0. The molecule has 0 bridgehead atoms. The van der Waals surface area contributed by atoms with E-state index in [1.807, 2.05) is 112 Å². The van der Waals surface area contributed by atoms with Crippen molar-refractivity contribution in [2.24, 2.45) is 17.8 Å². The summed E-state index contributed by atoms with van der Waals surface area (Å²) >= 11 is 21.3. The smallest absolute Gasteiger partial charge is 0.406 e. The fourth-order valence-corrected chi connectivity index (χ4v) is 21.2. The van der Waals surface area contributed by atoms with Crippen molar-refractivity contribution in [1.29, 1.82) is 0 Å². The zero-order valence-corrected chi connectivity index (χ0v) is 74.6. The summed E-state index contributed by atoms with van der Waals surface area (Å²) in [4.78, 5) is 71.4. The van der Waals surface area contributed by atoms with Gasteiger partial charge in [0, 0.05) is 0 Å². The number of nitrogen functional groups attached to an aromatic ring is 3. The van der Waals surface area contributed by atoms with Gasteiger partial charge in [0.15, 0.2) is 52.2 Å². The molecule has 0 radical (unpaired) electrons. The first-order chi connectivity index (χ1) is 58.5. The molecule has 6 fully saturated rings. The number of halogens is 3. The SMILES string of the molecule is CCOc1nc(N)nc2c1ncn2[C@@H]1O[C@@H]2COP(=O)(NC(COC(=O)C(C)C)Cc3ccccc3)O[C@H]2[C@@]1(C)Cl.CCOc1nc(N)nc2c1ncn2[C@@H]1O[C@@H]2COP(=O)(N[C@@H](COC(=O)C(C)C)Cc3ccccc3)O[C@H]2[C@@]1(C)Cl.CCOc1nc(N)nc2c1ncn2[C@@H]1O[C@@H]2COP(=O)(N[C@H](COC(=O)C(C)C)Cc3ccccc3)O[C@H]2[C@@]1(C)Cl. The number of esters is 3. The van der Waals surface area contributed by atoms with Gasteiger partial charge in [-0.3, -0.25) is 55.2 Å². The van der Waals surface area contributed by atoms with Crippen molar-refractivity contribution in [3.8, 4) is 17.6 Å². The molecule has 0 aliphatic carbocycles. The maximum atomic E-state index is 13.9. The highest BCUT2D eigenvalue weighted by atomic mass is 35.5. The zero-order chi connectivity index (χ0) is 88.1. The molecule has 3 aromatic carbocycles. The van der Waals surface area contributed by atoms with E-state index >= 15 is 0 Å². The number of imidazole rings is 3. The highest BCUT2D eigenvalue weighted by Gasteiger charge is 2.63. The third-order valence-corrected chi connectivity index (χ3v) is 26.8. The van der Waals surface area contributed by atoms with Crippen molar-refractivity contribution in [2.45, 2.75) is 190 Å². The van der Waals surface area contributed by atoms with Crippen LogP contribution in [0.3, 0.4) is 0 Å². The standard InChI is InChI=1S/3C26H34ClN6O7P/c3*1-5-36-22-19-21(30-25(28)31-22)33(14-29-19)24-26(4,27)20-18(39-24)13-38-41(35,40-20)32-17(12-37-23(34)15(2)3)11-16-9-7-6-8-10-16/h3*6-10,14-15,17-18,20,24H,5,11-13H2,1-4H3,(H,32,35)(H2,28,30,31)/t17?,18-,20-,24-,26-,41?;17-,18+,20+,24+,26+,41?;17-,18-,20-,24-,26-,41?/m101/s1. The minimum absolute atomic E-state index is 0.00491. The number of carbonyl (C=O) groups excluding carboxylic acids is 3. The van der Waals surface area contributed by atoms with Crippen molar-refractivity contribution in [1.82, 2.24) is 73.8 Å². The molecular formula is C78H102Cl3N18O21P3. The lowest BCUT2D eigenvalue weighted by molar-refractivity contribution is -0.148. The molecule has 9 aromatic rings. The molecule has 0 spiro atoms. The number of ether oxygens (including phenoxy) is 9. The highest BCUT2D eigenvalue weighted by molar-refractivity contribution is 7.52. The first-order valence-corrected chi connectivity index (χ1v) is 45.9. The number of alkyl halides is 3. The summed E-state index contributed by atoms with van der Waals surface area (Å²) in [6, 6.07) is 27.0. The Balaban J connectivity index is 0.000000159. The van der Waals surface area contributed by atoms with Crippen molar-refractivity contribution in [3.63, 3.8) is 0 Å². The molecule has 123 heavy (non-hydrogen) atoms. The van der Waals surface area contributed by atoms with Crippen LogP contribution in [0.4, 0.5) is 17.8 Å². The van der Waals surface area contributed by atoms with Crippen LogP contribution in [0.5, 0.6) is 17.6 Å². The van der Waals surface area contributed by atoms with Gasteiger partial charge in [0.1, 0.15) is 71.1 Å². The number of benzene rings is 3. The fourth-order valence-electron chi connectivity index (χ4n) is 14.6. The topological polar surface area (TPSA) is 486 Å². The van der Waals surface area contributed by atoms with E-state index in [4.69, 9.17) is 122 Å². The summed E-state index contributed by atoms with van der Waals surface area (Å²) in [5.74, 6) is -1.25. The minimum Gasteiger partial charge on any atom is -0.476 e. The summed E-state index contributed by atoms with van der Waals surface area (Å²) in [6.45, 7) is 22.0. The molecule has 6 aliphatic rings. The number of hydrogen-bond donors (Lipinski definition) is 6. The van der Waals surface area contributed by atoms with Crippen LogP contribution in [0.15, 0.2) is 110 Å². The Kier molecular flexibility index (Phi) is 29.1. The molecule has 15 rings (SSSR count). The summed E-state index contributed by atoms with van der Waals surface area (Å²) in [7, 11) is -11.7. The lowest BCUT2D eigenvalue weighted by Gasteiger charge is -2.36. The number of nitrogens with zero attached hydrogens (tertiary/aromatic N) is 12. The van der Waals surface area contributed by atoms with Crippen LogP contribution in [-0.2, 0) is 103 Å². The average Bonchev–Trinajstić information content (AvgIpc) is 1.59. The second kappa shape index (κ2) is 38.8. The third kappa shape index (κ3) is 21.2. The van der Waals surface area contributed by atoms with E-state index in [0.717, 1.165) is 16.7 Å². The minimum atomic E-state index is -3.91. The number of rotatable bonds is 30. The molecule has 0 saturated carbocycles. The fraction of sp³-hybridized carbons (Fsp3) is 0.538. The van der Waals surface area contributed by atoms with Crippen molar-refractivity contribution < 1.29 is 97.9 Å². The van der Waals surface area contributed by atoms with Gasteiger partial charge in [0.25, 0.3) is 0 Å². The molecule has 6 saturated heterocycles. The van der Waals surface area contributed by atoms with E-state index in [1.54, 1.807) is 76.0 Å². The second-order valence-corrected chi connectivity index (χ2v) is 38.9. The Hall–Kier alpha value is -8.40. The monoisotopic (exact) mass is 1820 g/mol. The van der Waals surface area contributed by atoms with E-state index in [9.17, 15) is 28.1 Å². The van der Waals surface area contributed by atoms with Crippen molar-refractivity contribution in [2.75, 3.05) is 76.7 Å². The molecule has 39 nitrogen and oxygen atoms in total. The average molecular weight is 1830 g/mol. The van der Waals surface area contributed by atoms with E-state index in [2.05, 4.69) is 60.1 Å². The molecule has 0 amide bonds. The number of anilines is 3. The lowest BCUT2D eigenvalue weighted by Crippen LogP contribution is -2.47. The van der Waals surface area contributed by atoms with E-state index in [1.165, 1.54) is 19.0 Å². The Bertz CT molecular complexity index is 4830. The maximum absolute atomic E-state index is 13.9. The summed E-state index contributed by atoms with van der Waals surface area (Å²) < 4.78 is 134. The second-order valence-electron chi connectivity index (χ2n) is 31.3. The number of aromatic nitrogens is 12. The Morgan fingerprint density at radius 2 is 0.691 bits per heavy atom. The molecular weight excluding hydrogens is 1720 g/mol. The van der Waals surface area contributed by atoms with Gasteiger partial charge in [-0.2, -0.15) is 29.9 Å². The van der Waals surface area contributed by atoms with Crippen molar-refractivity contribution >= 4 is 127 Å². The number of carbonyl (C=O) groups is 3. The zero-order valence-electron chi connectivity index (χ0n) is 69.7. The molecule has 9 N–H and O–H groups in total. The van der Waals surface area contributed by atoms with Gasteiger partial charge < -0.3 is 59.8 Å². The molecule has 6 aliphatic heterocycles. The van der Waals surface area contributed by atoms with E-state index in [-0.39, 0.29) is 111 Å². The number of fused-ring (bicyclic) bond motifs is 6. The number of hydrogen-bond acceptors (Lipinski definition) is 33. The summed E-state index contributed by atoms with van der Waals surface area (Å²) in [5, 5.41) is 8.94. The normalized spacial score (nSPS) is 28.5. The Morgan fingerprint density at radius 3 is 0.927 bits per heavy atom. The van der Waals surface area contributed by atoms with Gasteiger partial charge in [-0.05, 0) is 77.5 Å². The van der Waals surface area contributed by atoms with Gasteiger partial charge in [0.05, 0.1) is 94.5 Å². The third-order valence-electron chi connectivity index (χ3n) is 20.5. The van der Waals surface area contributed by atoms with Gasteiger partial charge >= 0.3 is 41.1 Å². The van der Waals surface area contributed by atoms with Crippen molar-refractivity contribution in [3.05, 3.63) is 127 Å². The molecule has 6 aromatic heterocycles. The number of nitrogens with two attached hydrogens (primary N) is 3. The Morgan fingerprint density at radius 1 is 0.439 bits per heavy atom. The highest BCUT2D eigenvalue weighted by Crippen LogP contribution is 2.61. The first kappa shape index (κ1) is 92.3. The van der Waals surface area contributed by atoms with Crippen LogP contribution >= 0.6 is 58.0 Å². The van der Waals surface area contributed by atoms with Crippen LogP contribution in [0.25, 0.3) is 33.5 Å². The number of nitrogens with one attached hydrogen (secondary N) is 3. The van der Waals surface area contributed by atoms with E-state index < -0.39 is 111 Å².